The maximum Gasteiger partial charge on any atom is 0.305 e. The van der Waals surface area contributed by atoms with Crippen LogP contribution in [0.4, 0.5) is 0 Å². The number of methoxy groups -OCH3 is 1. The number of carboxylic acids is 1. The number of carboxylic acid groups (broad SMARTS) is 1. The number of carbonyl (C=O) groups is 2. The molecule has 0 saturated carbocycles. The topological polar surface area (TPSA) is 95.1 Å². The lowest BCUT2D eigenvalue weighted by molar-refractivity contribution is -0.140. The number of aliphatic carboxylic acids is 1. The van der Waals surface area contributed by atoms with Gasteiger partial charge in [0.25, 0.3) is 5.97 Å². The molecule has 0 saturated heterocycles. The second-order valence-electron chi connectivity index (χ2n) is 1.85. The normalized spacial score (nSPS) is 6.92. The molecule has 0 fully saturated rings. The Kier molecular flexibility index (Phi) is 17.9. The second kappa shape index (κ2) is 12.6. The van der Waals surface area contributed by atoms with Gasteiger partial charge in [-0.3, -0.25) is 9.59 Å². The van der Waals surface area contributed by atoms with Crippen LogP contribution < -0.4 is 0 Å². The molecular weight excluding hydrogens is 164 g/mol. The number of ether oxygens (including phenoxy) is 1. The molecule has 5 heteroatoms. The van der Waals surface area contributed by atoms with Gasteiger partial charge >= 0.3 is 5.97 Å². The summed E-state index contributed by atoms with van der Waals surface area (Å²) < 4.78 is 4.35. The van der Waals surface area contributed by atoms with Crippen molar-refractivity contribution >= 4 is 11.9 Å². The molecule has 0 heterocycles. The highest BCUT2D eigenvalue weighted by molar-refractivity contribution is 5.68. The van der Waals surface area contributed by atoms with Crippen LogP contribution in [-0.2, 0) is 14.3 Å². The SMILES string of the molecule is CC(=O)O.CCCC(=O)OC.O. The Morgan fingerprint density at radius 2 is 1.75 bits per heavy atom. The van der Waals surface area contributed by atoms with Crippen LogP contribution in [-0.4, -0.2) is 29.6 Å². The average molecular weight is 180 g/mol. The first-order chi connectivity index (χ1) is 5.04. The van der Waals surface area contributed by atoms with E-state index in [2.05, 4.69) is 4.74 Å². The van der Waals surface area contributed by atoms with Gasteiger partial charge in [-0.2, -0.15) is 0 Å². The molecule has 74 valence electrons. The van der Waals surface area contributed by atoms with Crippen molar-refractivity contribution in [1.82, 2.24) is 0 Å². The van der Waals surface area contributed by atoms with Crippen molar-refractivity contribution in [3.8, 4) is 0 Å². The van der Waals surface area contributed by atoms with E-state index < -0.39 is 5.97 Å². The third kappa shape index (κ3) is 36.5. The van der Waals surface area contributed by atoms with Crippen molar-refractivity contribution in [3.63, 3.8) is 0 Å². The lowest BCUT2D eigenvalue weighted by atomic mass is 10.3. The number of hydrogen-bond donors (Lipinski definition) is 1. The van der Waals surface area contributed by atoms with Crippen molar-refractivity contribution in [2.75, 3.05) is 7.11 Å². The number of hydrogen-bond acceptors (Lipinski definition) is 3. The Morgan fingerprint density at radius 1 is 1.42 bits per heavy atom. The van der Waals surface area contributed by atoms with E-state index in [9.17, 15) is 4.79 Å². The molecule has 0 aliphatic carbocycles. The predicted molar refractivity (Wildman–Crippen MR) is 43.8 cm³/mol. The quantitative estimate of drug-likeness (QED) is 0.615. The molecule has 0 aromatic rings. The van der Waals surface area contributed by atoms with Crippen LogP contribution in [0.2, 0.25) is 0 Å². The van der Waals surface area contributed by atoms with Crippen LogP contribution in [0, 0.1) is 0 Å². The van der Waals surface area contributed by atoms with Crippen molar-refractivity contribution in [1.29, 1.82) is 0 Å². The highest BCUT2D eigenvalue weighted by atomic mass is 16.5. The molecule has 12 heavy (non-hydrogen) atoms. The van der Waals surface area contributed by atoms with E-state index in [0.29, 0.717) is 6.42 Å². The first-order valence-electron chi connectivity index (χ1n) is 3.30. The summed E-state index contributed by atoms with van der Waals surface area (Å²) in [7, 11) is 1.40. The lowest BCUT2D eigenvalue weighted by Crippen LogP contribution is -1.97. The summed E-state index contributed by atoms with van der Waals surface area (Å²) >= 11 is 0. The van der Waals surface area contributed by atoms with Gasteiger partial charge in [0.05, 0.1) is 7.11 Å². The molecule has 0 unspecified atom stereocenters. The molecular formula is C7H16O5. The van der Waals surface area contributed by atoms with Crippen LogP contribution in [0.15, 0.2) is 0 Å². The summed E-state index contributed by atoms with van der Waals surface area (Å²) in [6.45, 7) is 3.02. The van der Waals surface area contributed by atoms with Gasteiger partial charge in [-0.1, -0.05) is 6.92 Å². The molecule has 0 aromatic heterocycles. The van der Waals surface area contributed by atoms with Gasteiger partial charge < -0.3 is 15.3 Å². The number of carbonyl (C=O) groups excluding carboxylic acids is 1. The van der Waals surface area contributed by atoms with Gasteiger partial charge in [-0.05, 0) is 6.42 Å². The monoisotopic (exact) mass is 180 g/mol. The Balaban J connectivity index is -0.000000142. The zero-order chi connectivity index (χ0) is 9.28. The summed E-state index contributed by atoms with van der Waals surface area (Å²) in [4.78, 5) is 19.2. The predicted octanol–water partition coefficient (Wildman–Crippen LogP) is 0.226. The fourth-order valence-electron chi connectivity index (χ4n) is 0.306. The van der Waals surface area contributed by atoms with Crippen LogP contribution in [0.1, 0.15) is 26.7 Å². The number of rotatable bonds is 2. The zero-order valence-electron chi connectivity index (χ0n) is 7.59. The van der Waals surface area contributed by atoms with Crippen molar-refractivity contribution < 1.29 is 24.9 Å². The van der Waals surface area contributed by atoms with Crippen LogP contribution in [0.25, 0.3) is 0 Å². The fraction of sp³-hybridized carbons (Fsp3) is 0.714. The Bertz CT molecular complexity index is 117. The summed E-state index contributed by atoms with van der Waals surface area (Å²) in [6.07, 6.45) is 1.41. The lowest BCUT2D eigenvalue weighted by Gasteiger charge is -1.91. The summed E-state index contributed by atoms with van der Waals surface area (Å²) in [6, 6.07) is 0. The van der Waals surface area contributed by atoms with Crippen LogP contribution in [0.3, 0.4) is 0 Å². The van der Waals surface area contributed by atoms with E-state index in [-0.39, 0.29) is 11.4 Å². The van der Waals surface area contributed by atoms with Gasteiger partial charge in [0, 0.05) is 13.3 Å². The molecule has 0 rings (SSSR count). The molecule has 3 N–H and O–H groups in total. The van der Waals surface area contributed by atoms with Gasteiger partial charge in [0.1, 0.15) is 0 Å². The molecule has 0 atom stereocenters. The minimum absolute atomic E-state index is 0. The van der Waals surface area contributed by atoms with Gasteiger partial charge in [0.2, 0.25) is 0 Å². The van der Waals surface area contributed by atoms with Crippen molar-refractivity contribution in [2.24, 2.45) is 0 Å². The number of esters is 1. The van der Waals surface area contributed by atoms with Crippen LogP contribution in [0.5, 0.6) is 0 Å². The summed E-state index contributed by atoms with van der Waals surface area (Å²) in [5, 5.41) is 7.42. The molecule has 5 nitrogen and oxygen atoms in total. The van der Waals surface area contributed by atoms with Gasteiger partial charge in [-0.25, -0.2) is 0 Å². The zero-order valence-corrected chi connectivity index (χ0v) is 7.59. The third-order valence-electron chi connectivity index (χ3n) is 0.682. The highest BCUT2D eigenvalue weighted by Gasteiger charge is 1.92. The third-order valence-corrected chi connectivity index (χ3v) is 0.682. The van der Waals surface area contributed by atoms with E-state index in [1.807, 2.05) is 6.92 Å². The Morgan fingerprint density at radius 3 is 1.83 bits per heavy atom. The maximum absolute atomic E-state index is 10.2. The minimum atomic E-state index is -0.833. The molecule has 0 aliphatic rings. The van der Waals surface area contributed by atoms with E-state index >= 15 is 0 Å². The summed E-state index contributed by atoms with van der Waals surface area (Å²) in [5.41, 5.74) is 0. The van der Waals surface area contributed by atoms with E-state index in [1.165, 1.54) is 7.11 Å². The second-order valence-corrected chi connectivity index (χ2v) is 1.85. The molecule has 0 bridgehead atoms. The molecule has 0 amide bonds. The fourth-order valence-corrected chi connectivity index (χ4v) is 0.306. The maximum atomic E-state index is 10.2. The molecule has 0 aliphatic heterocycles. The Hall–Kier alpha value is -1.10. The minimum Gasteiger partial charge on any atom is -0.481 e. The standard InChI is InChI=1S/C5H10O2.C2H4O2.H2O/c1-3-4-5(6)7-2;1-2(3)4;/h3-4H2,1-2H3;1H3,(H,3,4);1H2. The largest absolute Gasteiger partial charge is 0.481 e. The van der Waals surface area contributed by atoms with Gasteiger partial charge in [-0.15, -0.1) is 0 Å². The first kappa shape index (κ1) is 17.1. The Labute approximate surface area is 71.6 Å². The van der Waals surface area contributed by atoms with Crippen molar-refractivity contribution in [2.45, 2.75) is 26.7 Å². The molecule has 0 radical (unpaired) electrons. The van der Waals surface area contributed by atoms with E-state index in [0.717, 1.165) is 13.3 Å². The van der Waals surface area contributed by atoms with E-state index in [4.69, 9.17) is 9.90 Å². The first-order valence-corrected chi connectivity index (χ1v) is 3.30. The molecule has 0 spiro atoms. The van der Waals surface area contributed by atoms with E-state index in [1.54, 1.807) is 0 Å². The smallest absolute Gasteiger partial charge is 0.305 e. The molecule has 0 aromatic carbocycles. The highest BCUT2D eigenvalue weighted by Crippen LogP contribution is 1.86. The average Bonchev–Trinajstić information content (AvgIpc) is 1.87. The van der Waals surface area contributed by atoms with Gasteiger partial charge in [0.15, 0.2) is 0 Å². The van der Waals surface area contributed by atoms with Crippen molar-refractivity contribution in [3.05, 3.63) is 0 Å². The van der Waals surface area contributed by atoms with Crippen LogP contribution >= 0.6 is 0 Å². The summed E-state index contributed by atoms with van der Waals surface area (Å²) in [5.74, 6) is -0.956.